The number of carbonyl (C=O) groups is 2. The number of carboxylic acid groups (broad SMARTS) is 1. The quantitative estimate of drug-likeness (QED) is 0.884. The van der Waals surface area contributed by atoms with E-state index >= 15 is 0 Å². The van der Waals surface area contributed by atoms with Crippen molar-refractivity contribution < 1.29 is 14.7 Å². The second-order valence-electron chi connectivity index (χ2n) is 4.61. The summed E-state index contributed by atoms with van der Waals surface area (Å²) in [5.41, 5.74) is 1.85. The summed E-state index contributed by atoms with van der Waals surface area (Å²) < 4.78 is 0.987. The number of amides is 1. The van der Waals surface area contributed by atoms with E-state index in [1.807, 2.05) is 25.1 Å². The molecule has 1 unspecified atom stereocenters. The van der Waals surface area contributed by atoms with E-state index < -0.39 is 5.97 Å². The fraction of sp³-hybridized carbons (Fsp3) is 0.385. The van der Waals surface area contributed by atoms with Crippen LogP contribution < -0.4 is 10.2 Å². The van der Waals surface area contributed by atoms with Crippen LogP contribution in [0, 0.1) is 6.92 Å². The maximum absolute atomic E-state index is 11.9. The summed E-state index contributed by atoms with van der Waals surface area (Å²) in [6, 6.07) is 5.47. The predicted octanol–water partition coefficient (Wildman–Crippen LogP) is 1.54. The number of anilines is 1. The van der Waals surface area contributed by atoms with Gasteiger partial charge in [0.15, 0.2) is 0 Å². The van der Waals surface area contributed by atoms with Gasteiger partial charge in [0.05, 0.1) is 13.0 Å². The molecule has 0 bridgehead atoms. The highest BCUT2D eigenvalue weighted by Crippen LogP contribution is 2.24. The molecule has 102 valence electrons. The van der Waals surface area contributed by atoms with E-state index in [0.29, 0.717) is 6.54 Å². The van der Waals surface area contributed by atoms with E-state index in [2.05, 4.69) is 21.2 Å². The minimum Gasteiger partial charge on any atom is -0.481 e. The van der Waals surface area contributed by atoms with Crippen LogP contribution in [-0.4, -0.2) is 36.1 Å². The Bertz CT molecular complexity index is 519. The standard InChI is InChI=1S/C13H15BrN2O3/c1-8-4-10(2-3-11(8)14)16-7-9(5-13(18)19)15-6-12(16)17/h2-4,9,15H,5-7H2,1H3,(H,18,19). The molecule has 1 saturated heterocycles. The Balaban J connectivity index is 2.18. The zero-order chi connectivity index (χ0) is 14.0. The summed E-state index contributed by atoms with van der Waals surface area (Å²) in [5, 5.41) is 11.8. The third-order valence-electron chi connectivity index (χ3n) is 3.12. The van der Waals surface area contributed by atoms with Crippen molar-refractivity contribution >= 4 is 33.5 Å². The average molecular weight is 327 g/mol. The molecule has 0 spiro atoms. The molecule has 2 rings (SSSR count). The van der Waals surface area contributed by atoms with E-state index in [1.165, 1.54) is 0 Å². The van der Waals surface area contributed by atoms with Crippen molar-refractivity contribution in [2.75, 3.05) is 18.0 Å². The maximum Gasteiger partial charge on any atom is 0.304 e. The molecule has 1 amide bonds. The number of carbonyl (C=O) groups excluding carboxylic acids is 1. The third-order valence-corrected chi connectivity index (χ3v) is 4.01. The maximum atomic E-state index is 11.9. The number of rotatable bonds is 3. The van der Waals surface area contributed by atoms with Crippen molar-refractivity contribution in [1.82, 2.24) is 5.32 Å². The number of halogens is 1. The summed E-state index contributed by atoms with van der Waals surface area (Å²) in [5.74, 6) is -0.901. The van der Waals surface area contributed by atoms with Crippen LogP contribution in [0.2, 0.25) is 0 Å². The van der Waals surface area contributed by atoms with Gasteiger partial charge in [0, 0.05) is 22.7 Å². The van der Waals surface area contributed by atoms with Gasteiger partial charge in [-0.25, -0.2) is 0 Å². The largest absolute Gasteiger partial charge is 0.481 e. The Morgan fingerprint density at radius 3 is 2.95 bits per heavy atom. The smallest absolute Gasteiger partial charge is 0.304 e. The SMILES string of the molecule is Cc1cc(N2CC(CC(=O)O)NCC2=O)ccc1Br. The number of hydrogen-bond acceptors (Lipinski definition) is 3. The molecule has 1 aliphatic heterocycles. The lowest BCUT2D eigenvalue weighted by molar-refractivity contribution is -0.138. The molecule has 1 aliphatic rings. The molecule has 19 heavy (non-hydrogen) atoms. The zero-order valence-electron chi connectivity index (χ0n) is 10.5. The van der Waals surface area contributed by atoms with Gasteiger partial charge in [0.25, 0.3) is 0 Å². The van der Waals surface area contributed by atoms with Crippen LogP contribution in [0.5, 0.6) is 0 Å². The van der Waals surface area contributed by atoms with Crippen molar-refractivity contribution in [3.05, 3.63) is 28.2 Å². The van der Waals surface area contributed by atoms with Gasteiger partial charge < -0.3 is 15.3 Å². The Kier molecular flexibility index (Phi) is 4.21. The summed E-state index contributed by atoms with van der Waals surface area (Å²) >= 11 is 3.42. The zero-order valence-corrected chi connectivity index (χ0v) is 12.1. The van der Waals surface area contributed by atoms with Gasteiger partial charge in [0.1, 0.15) is 0 Å². The van der Waals surface area contributed by atoms with Crippen molar-refractivity contribution in [2.45, 2.75) is 19.4 Å². The fourth-order valence-electron chi connectivity index (χ4n) is 2.11. The summed E-state index contributed by atoms with van der Waals surface area (Å²) in [4.78, 5) is 24.3. The van der Waals surface area contributed by atoms with Crippen LogP contribution >= 0.6 is 15.9 Å². The van der Waals surface area contributed by atoms with Gasteiger partial charge in [-0.3, -0.25) is 9.59 Å². The number of aliphatic carboxylic acids is 1. The fourth-order valence-corrected chi connectivity index (χ4v) is 2.35. The average Bonchev–Trinajstić information content (AvgIpc) is 2.34. The first-order valence-corrected chi connectivity index (χ1v) is 6.78. The number of hydrogen-bond donors (Lipinski definition) is 2. The predicted molar refractivity (Wildman–Crippen MR) is 75.3 cm³/mol. The van der Waals surface area contributed by atoms with Crippen molar-refractivity contribution in [3.63, 3.8) is 0 Å². The molecule has 0 aromatic heterocycles. The Labute approximate surface area is 119 Å². The van der Waals surface area contributed by atoms with E-state index in [4.69, 9.17) is 5.11 Å². The lowest BCUT2D eigenvalue weighted by Crippen LogP contribution is -2.54. The van der Waals surface area contributed by atoms with E-state index in [-0.39, 0.29) is 24.9 Å². The van der Waals surface area contributed by atoms with Crippen molar-refractivity contribution in [3.8, 4) is 0 Å². The molecule has 5 nitrogen and oxygen atoms in total. The molecule has 0 saturated carbocycles. The van der Waals surface area contributed by atoms with Gasteiger partial charge in [-0.2, -0.15) is 0 Å². The first kappa shape index (κ1) is 14.0. The number of piperazine rings is 1. The first-order valence-electron chi connectivity index (χ1n) is 5.99. The van der Waals surface area contributed by atoms with Crippen molar-refractivity contribution in [2.24, 2.45) is 0 Å². The van der Waals surface area contributed by atoms with Crippen LogP contribution in [0.1, 0.15) is 12.0 Å². The van der Waals surface area contributed by atoms with E-state index in [9.17, 15) is 9.59 Å². The molecule has 1 aromatic carbocycles. The van der Waals surface area contributed by atoms with Crippen LogP contribution in [-0.2, 0) is 9.59 Å². The van der Waals surface area contributed by atoms with Gasteiger partial charge >= 0.3 is 5.97 Å². The molecule has 1 fully saturated rings. The number of nitrogens with one attached hydrogen (secondary N) is 1. The highest BCUT2D eigenvalue weighted by atomic mass is 79.9. The number of carboxylic acids is 1. The van der Waals surface area contributed by atoms with Gasteiger partial charge in [-0.05, 0) is 30.7 Å². The summed E-state index contributed by atoms with van der Waals surface area (Å²) in [7, 11) is 0. The van der Waals surface area contributed by atoms with Gasteiger partial charge in [-0.1, -0.05) is 15.9 Å². The normalized spacial score (nSPS) is 19.6. The molecule has 1 aromatic rings. The molecule has 6 heteroatoms. The third kappa shape index (κ3) is 3.33. The Hall–Kier alpha value is -1.40. The lowest BCUT2D eigenvalue weighted by Gasteiger charge is -2.33. The molecular formula is C13H15BrN2O3. The van der Waals surface area contributed by atoms with E-state index in [0.717, 1.165) is 15.7 Å². The molecule has 0 radical (unpaired) electrons. The first-order chi connectivity index (χ1) is 8.97. The van der Waals surface area contributed by atoms with Crippen LogP contribution in [0.15, 0.2) is 22.7 Å². The molecule has 0 aliphatic carbocycles. The van der Waals surface area contributed by atoms with Gasteiger partial charge in [-0.15, -0.1) is 0 Å². The van der Waals surface area contributed by atoms with Crippen LogP contribution in [0.25, 0.3) is 0 Å². The second-order valence-corrected chi connectivity index (χ2v) is 5.47. The van der Waals surface area contributed by atoms with Crippen LogP contribution in [0.4, 0.5) is 5.69 Å². The highest BCUT2D eigenvalue weighted by Gasteiger charge is 2.27. The Morgan fingerprint density at radius 2 is 2.32 bits per heavy atom. The highest BCUT2D eigenvalue weighted by molar-refractivity contribution is 9.10. The minimum atomic E-state index is -0.862. The van der Waals surface area contributed by atoms with Gasteiger partial charge in [0.2, 0.25) is 5.91 Å². The molecular weight excluding hydrogens is 312 g/mol. The van der Waals surface area contributed by atoms with Crippen molar-refractivity contribution in [1.29, 1.82) is 0 Å². The monoisotopic (exact) mass is 326 g/mol. The summed E-state index contributed by atoms with van der Waals surface area (Å²) in [6.45, 7) is 2.51. The number of benzene rings is 1. The summed E-state index contributed by atoms with van der Waals surface area (Å²) in [6.07, 6.45) is 0.0132. The second kappa shape index (κ2) is 5.71. The lowest BCUT2D eigenvalue weighted by atomic mass is 10.1. The van der Waals surface area contributed by atoms with E-state index in [1.54, 1.807) is 4.90 Å². The molecule has 1 heterocycles. The molecule has 1 atom stereocenters. The Morgan fingerprint density at radius 1 is 1.58 bits per heavy atom. The number of nitrogens with zero attached hydrogens (tertiary/aromatic N) is 1. The van der Waals surface area contributed by atoms with Crippen LogP contribution in [0.3, 0.4) is 0 Å². The molecule has 2 N–H and O–H groups in total. The minimum absolute atomic E-state index is 0.0132. The topological polar surface area (TPSA) is 69.6 Å². The number of aryl methyl sites for hydroxylation is 1.